The van der Waals surface area contributed by atoms with Crippen LogP contribution in [0.3, 0.4) is 0 Å². The van der Waals surface area contributed by atoms with E-state index >= 15 is 0 Å². The fourth-order valence-corrected chi connectivity index (χ4v) is 3.53. The molecule has 0 unspecified atom stereocenters. The number of nitrogens with one attached hydrogen (secondary N) is 1. The number of rotatable bonds is 6. The molecule has 0 atom stereocenters. The molecule has 0 saturated carbocycles. The number of benzene rings is 2. The van der Waals surface area contributed by atoms with Gasteiger partial charge in [-0.1, -0.05) is 29.8 Å². The summed E-state index contributed by atoms with van der Waals surface area (Å²) >= 11 is 5.88. The number of hydrogen-bond acceptors (Lipinski definition) is 3. The summed E-state index contributed by atoms with van der Waals surface area (Å²) in [6.45, 7) is 2.38. The Hall–Kier alpha value is -2.96. The number of carbonyl (C=O) groups excluding carboxylic acids is 1. The smallest absolute Gasteiger partial charge is 0.234 e. The van der Waals surface area contributed by atoms with E-state index in [4.69, 9.17) is 11.6 Å². The highest BCUT2D eigenvalue weighted by molar-refractivity contribution is 6.30. The van der Waals surface area contributed by atoms with Crippen molar-refractivity contribution in [3.05, 3.63) is 89.0 Å². The zero-order chi connectivity index (χ0) is 20.9. The standard InChI is InChI=1S/C23H22ClFN4O/c24-20-3-1-17(2-4-20)13-26-23(30)16-28-11-9-18(10-12-28)19-14-27-29(15-19)22-7-5-21(25)6-8-22/h1-9,14-15H,10-13,16H2,(H,26,30). The fourth-order valence-electron chi connectivity index (χ4n) is 3.40. The summed E-state index contributed by atoms with van der Waals surface area (Å²) in [6, 6.07) is 13.7. The van der Waals surface area contributed by atoms with E-state index in [1.807, 2.05) is 36.7 Å². The van der Waals surface area contributed by atoms with Crippen molar-refractivity contribution in [2.24, 2.45) is 0 Å². The maximum absolute atomic E-state index is 13.1. The first kappa shape index (κ1) is 20.3. The van der Waals surface area contributed by atoms with Crippen LogP contribution >= 0.6 is 11.6 Å². The van der Waals surface area contributed by atoms with E-state index in [0.29, 0.717) is 24.7 Å². The predicted octanol–water partition coefficient (Wildman–Crippen LogP) is 4.07. The fraction of sp³-hybridized carbons (Fsp3) is 0.217. The van der Waals surface area contributed by atoms with Crippen LogP contribution in [0.2, 0.25) is 5.02 Å². The summed E-state index contributed by atoms with van der Waals surface area (Å²) in [5, 5.41) is 8.02. The second kappa shape index (κ2) is 9.24. The van der Waals surface area contributed by atoms with Crippen molar-refractivity contribution < 1.29 is 9.18 Å². The molecule has 3 aromatic rings. The van der Waals surface area contributed by atoms with Crippen molar-refractivity contribution >= 4 is 23.1 Å². The molecule has 0 spiro atoms. The van der Waals surface area contributed by atoms with Gasteiger partial charge in [0.1, 0.15) is 5.82 Å². The van der Waals surface area contributed by atoms with E-state index in [9.17, 15) is 9.18 Å². The van der Waals surface area contributed by atoms with E-state index in [0.717, 1.165) is 29.8 Å². The molecule has 2 heterocycles. The minimum atomic E-state index is -0.265. The van der Waals surface area contributed by atoms with Gasteiger partial charge in [0.25, 0.3) is 0 Å². The molecule has 0 aliphatic carbocycles. The zero-order valence-corrected chi connectivity index (χ0v) is 17.1. The van der Waals surface area contributed by atoms with Gasteiger partial charge in [-0.3, -0.25) is 9.69 Å². The van der Waals surface area contributed by atoms with Gasteiger partial charge in [-0.15, -0.1) is 0 Å². The number of amides is 1. The first-order valence-electron chi connectivity index (χ1n) is 9.80. The quantitative estimate of drug-likeness (QED) is 0.649. The van der Waals surface area contributed by atoms with Crippen LogP contribution in [0.15, 0.2) is 67.0 Å². The van der Waals surface area contributed by atoms with Crippen molar-refractivity contribution in [2.75, 3.05) is 19.6 Å². The predicted molar refractivity (Wildman–Crippen MR) is 116 cm³/mol. The maximum atomic E-state index is 13.1. The molecule has 0 saturated heterocycles. The van der Waals surface area contributed by atoms with Crippen molar-refractivity contribution in [1.82, 2.24) is 20.0 Å². The highest BCUT2D eigenvalue weighted by atomic mass is 35.5. The summed E-state index contributed by atoms with van der Waals surface area (Å²) in [5.41, 5.74) is 4.09. The van der Waals surface area contributed by atoms with Gasteiger partial charge in [0.05, 0.1) is 18.4 Å². The third-order valence-corrected chi connectivity index (χ3v) is 5.36. The second-order valence-electron chi connectivity index (χ2n) is 7.27. The molecule has 7 heteroatoms. The largest absolute Gasteiger partial charge is 0.351 e. The Kier molecular flexibility index (Phi) is 6.26. The highest BCUT2D eigenvalue weighted by Crippen LogP contribution is 2.23. The van der Waals surface area contributed by atoms with Gasteiger partial charge in [-0.25, -0.2) is 9.07 Å². The first-order valence-corrected chi connectivity index (χ1v) is 10.2. The number of nitrogens with zero attached hydrogens (tertiary/aromatic N) is 3. The lowest BCUT2D eigenvalue weighted by Crippen LogP contribution is -2.39. The van der Waals surface area contributed by atoms with Crippen molar-refractivity contribution in [3.63, 3.8) is 0 Å². The maximum Gasteiger partial charge on any atom is 0.234 e. The van der Waals surface area contributed by atoms with Crippen LogP contribution < -0.4 is 5.32 Å². The molecule has 1 aromatic heterocycles. The van der Waals surface area contributed by atoms with Crippen LogP contribution in [0.5, 0.6) is 0 Å². The van der Waals surface area contributed by atoms with Gasteiger partial charge in [0, 0.05) is 36.4 Å². The van der Waals surface area contributed by atoms with E-state index in [1.54, 1.807) is 16.8 Å². The minimum Gasteiger partial charge on any atom is -0.351 e. The molecular formula is C23H22ClFN4O. The lowest BCUT2D eigenvalue weighted by molar-refractivity contribution is -0.122. The normalized spacial score (nSPS) is 14.4. The Bertz CT molecular complexity index is 1040. The third kappa shape index (κ3) is 5.14. The van der Waals surface area contributed by atoms with Crippen LogP contribution in [0, 0.1) is 5.82 Å². The van der Waals surface area contributed by atoms with Crippen LogP contribution in [-0.2, 0) is 11.3 Å². The first-order chi connectivity index (χ1) is 14.6. The van der Waals surface area contributed by atoms with Crippen LogP contribution in [-0.4, -0.2) is 40.2 Å². The minimum absolute atomic E-state index is 0.00549. The molecule has 4 rings (SSSR count). The Morgan fingerprint density at radius 2 is 1.90 bits per heavy atom. The Morgan fingerprint density at radius 3 is 2.60 bits per heavy atom. The van der Waals surface area contributed by atoms with Crippen molar-refractivity contribution in [2.45, 2.75) is 13.0 Å². The molecule has 1 amide bonds. The Morgan fingerprint density at radius 1 is 1.13 bits per heavy atom. The van der Waals surface area contributed by atoms with Gasteiger partial charge < -0.3 is 5.32 Å². The van der Waals surface area contributed by atoms with E-state index in [1.165, 1.54) is 17.7 Å². The summed E-state index contributed by atoms with van der Waals surface area (Å²) in [7, 11) is 0. The number of carbonyl (C=O) groups is 1. The second-order valence-corrected chi connectivity index (χ2v) is 7.70. The van der Waals surface area contributed by atoms with Crippen LogP contribution in [0.1, 0.15) is 17.5 Å². The molecule has 0 bridgehead atoms. The molecule has 5 nitrogen and oxygen atoms in total. The Labute approximate surface area is 179 Å². The molecule has 2 aromatic carbocycles. The van der Waals surface area contributed by atoms with Crippen molar-refractivity contribution in [3.8, 4) is 5.69 Å². The SMILES string of the molecule is O=C(CN1CC=C(c2cnn(-c3ccc(F)cc3)c2)CC1)NCc1ccc(Cl)cc1. The lowest BCUT2D eigenvalue weighted by Gasteiger charge is -2.25. The summed E-state index contributed by atoms with van der Waals surface area (Å²) in [4.78, 5) is 14.4. The highest BCUT2D eigenvalue weighted by Gasteiger charge is 2.16. The summed E-state index contributed by atoms with van der Waals surface area (Å²) < 4.78 is 14.8. The van der Waals surface area contributed by atoms with E-state index in [2.05, 4.69) is 21.4 Å². The van der Waals surface area contributed by atoms with Gasteiger partial charge in [0.15, 0.2) is 0 Å². The number of halogens is 2. The number of aromatic nitrogens is 2. The zero-order valence-electron chi connectivity index (χ0n) is 16.4. The third-order valence-electron chi connectivity index (χ3n) is 5.11. The van der Waals surface area contributed by atoms with E-state index in [-0.39, 0.29) is 11.7 Å². The lowest BCUT2D eigenvalue weighted by atomic mass is 10.0. The molecule has 0 fully saturated rings. The molecule has 1 aliphatic rings. The Balaban J connectivity index is 1.29. The number of hydrogen-bond donors (Lipinski definition) is 1. The van der Waals surface area contributed by atoms with Gasteiger partial charge in [-0.2, -0.15) is 5.10 Å². The van der Waals surface area contributed by atoms with Crippen LogP contribution in [0.25, 0.3) is 11.3 Å². The summed E-state index contributed by atoms with van der Waals surface area (Å²) in [5.74, 6) is -0.260. The molecule has 0 radical (unpaired) electrons. The molecular weight excluding hydrogens is 403 g/mol. The summed E-state index contributed by atoms with van der Waals surface area (Å²) in [6.07, 6.45) is 6.76. The topological polar surface area (TPSA) is 50.2 Å². The monoisotopic (exact) mass is 424 g/mol. The molecule has 1 aliphatic heterocycles. The van der Waals surface area contributed by atoms with Crippen molar-refractivity contribution in [1.29, 1.82) is 0 Å². The molecule has 30 heavy (non-hydrogen) atoms. The average Bonchev–Trinajstić information content (AvgIpc) is 3.25. The van der Waals surface area contributed by atoms with Gasteiger partial charge in [-0.05, 0) is 54.0 Å². The molecule has 154 valence electrons. The van der Waals surface area contributed by atoms with Gasteiger partial charge >= 0.3 is 0 Å². The van der Waals surface area contributed by atoms with E-state index < -0.39 is 0 Å². The average molecular weight is 425 g/mol. The molecule has 1 N–H and O–H groups in total. The van der Waals surface area contributed by atoms with Gasteiger partial charge in [0.2, 0.25) is 5.91 Å². The van der Waals surface area contributed by atoms with Crippen LogP contribution in [0.4, 0.5) is 4.39 Å².